The van der Waals surface area contributed by atoms with Crippen LogP contribution in [0.15, 0.2) is 18.3 Å². The van der Waals surface area contributed by atoms with Crippen molar-refractivity contribution in [3.63, 3.8) is 0 Å². The summed E-state index contributed by atoms with van der Waals surface area (Å²) < 4.78 is 5.60. The summed E-state index contributed by atoms with van der Waals surface area (Å²) in [5.74, 6) is 0.712. The normalized spacial score (nSPS) is 17.9. The van der Waals surface area contributed by atoms with Crippen LogP contribution in [0, 0.1) is 5.41 Å². The Morgan fingerprint density at radius 2 is 1.83 bits per heavy atom. The van der Waals surface area contributed by atoms with Gasteiger partial charge in [0.25, 0.3) is 0 Å². The first kappa shape index (κ1) is 22.9. The number of aromatic nitrogens is 2. The van der Waals surface area contributed by atoms with Gasteiger partial charge in [-0.15, -0.1) is 0 Å². The fourth-order valence-corrected chi connectivity index (χ4v) is 4.63. The van der Waals surface area contributed by atoms with Crippen LogP contribution in [0.5, 0.6) is 0 Å². The molecule has 158 valence electrons. The fraction of sp³-hybridized carbons (Fsp3) is 0.500. The van der Waals surface area contributed by atoms with Crippen LogP contribution in [-0.4, -0.2) is 47.6 Å². The van der Waals surface area contributed by atoms with E-state index in [1.165, 1.54) is 0 Å². The molecule has 9 heteroatoms. The van der Waals surface area contributed by atoms with Crippen molar-refractivity contribution in [2.45, 2.75) is 25.9 Å². The van der Waals surface area contributed by atoms with Gasteiger partial charge in [0.05, 0.1) is 40.2 Å². The number of aliphatic hydroxyl groups is 1. The van der Waals surface area contributed by atoms with Crippen LogP contribution in [0.25, 0.3) is 11.3 Å². The van der Waals surface area contributed by atoms with Crippen molar-refractivity contribution in [2.24, 2.45) is 5.41 Å². The average Bonchev–Trinajstić information content (AvgIpc) is 3.21. The Kier molecular flexibility index (Phi) is 7.93. The minimum Gasteiger partial charge on any atom is -0.390 e. The predicted octanol–water partition coefficient (Wildman–Crippen LogP) is 5.15. The summed E-state index contributed by atoms with van der Waals surface area (Å²) in [6.45, 7) is 3.25. The highest BCUT2D eigenvalue weighted by atomic mass is 35.5. The Labute approximate surface area is 191 Å². The molecule has 5 nitrogen and oxygen atoms in total. The zero-order valence-corrected chi connectivity index (χ0v) is 19.3. The number of rotatable bonds is 3. The highest BCUT2D eigenvalue weighted by Gasteiger charge is 2.38. The molecule has 0 aliphatic carbocycles. The molecule has 29 heavy (non-hydrogen) atoms. The molecule has 2 aliphatic heterocycles. The SMILES string of the molecule is CS.OCc1nc(-c2c(Cl)ccc(Cl)c2Cl)cnc1N1CCC2(CCOC2)CC1. The zero-order chi connectivity index (χ0) is 21.0. The van der Waals surface area contributed by atoms with Gasteiger partial charge in [-0.25, -0.2) is 9.97 Å². The van der Waals surface area contributed by atoms with Gasteiger partial charge < -0.3 is 14.7 Å². The molecule has 4 rings (SSSR count). The van der Waals surface area contributed by atoms with E-state index in [0.29, 0.717) is 43.3 Å². The molecule has 0 atom stereocenters. The van der Waals surface area contributed by atoms with Crippen molar-refractivity contribution in [1.29, 1.82) is 0 Å². The Morgan fingerprint density at radius 1 is 1.14 bits per heavy atom. The van der Waals surface area contributed by atoms with Crippen molar-refractivity contribution >= 4 is 53.2 Å². The van der Waals surface area contributed by atoms with E-state index >= 15 is 0 Å². The number of piperidine rings is 1. The van der Waals surface area contributed by atoms with E-state index in [2.05, 4.69) is 27.5 Å². The standard InChI is InChI=1S/C19H20Cl3N3O2.CH4S/c20-12-1-2-13(21)17(22)16(12)14-9-23-18(15(10-26)24-14)25-6-3-19(4-7-25)5-8-27-11-19;1-2/h1-2,9,26H,3-8,10-11H2;2H,1H3. The van der Waals surface area contributed by atoms with Crippen LogP contribution in [0.2, 0.25) is 15.1 Å². The molecular formula is C20H24Cl3N3O2S. The quantitative estimate of drug-likeness (QED) is 0.474. The highest BCUT2D eigenvalue weighted by Crippen LogP contribution is 2.41. The molecule has 0 saturated carbocycles. The maximum Gasteiger partial charge on any atom is 0.152 e. The summed E-state index contributed by atoms with van der Waals surface area (Å²) in [4.78, 5) is 11.4. The monoisotopic (exact) mass is 475 g/mol. The average molecular weight is 477 g/mol. The smallest absolute Gasteiger partial charge is 0.152 e. The van der Waals surface area contributed by atoms with E-state index in [0.717, 1.165) is 45.6 Å². The summed E-state index contributed by atoms with van der Waals surface area (Å²) in [5, 5.41) is 11.0. The molecule has 0 unspecified atom stereocenters. The highest BCUT2D eigenvalue weighted by molar-refractivity contribution is 7.79. The molecule has 2 aromatic rings. The lowest BCUT2D eigenvalue weighted by molar-refractivity contribution is 0.133. The summed E-state index contributed by atoms with van der Waals surface area (Å²) in [6, 6.07) is 3.31. The third kappa shape index (κ3) is 4.78. The van der Waals surface area contributed by atoms with Gasteiger partial charge in [0, 0.05) is 25.3 Å². The number of aliphatic hydroxyl groups excluding tert-OH is 1. The molecule has 0 bridgehead atoms. The lowest BCUT2D eigenvalue weighted by atomic mass is 9.78. The van der Waals surface area contributed by atoms with Gasteiger partial charge in [-0.05, 0) is 43.1 Å². The lowest BCUT2D eigenvalue weighted by Gasteiger charge is -2.39. The molecule has 1 aromatic heterocycles. The minimum absolute atomic E-state index is 0.212. The van der Waals surface area contributed by atoms with Crippen LogP contribution in [0.4, 0.5) is 5.82 Å². The molecule has 1 N–H and O–H groups in total. The van der Waals surface area contributed by atoms with Crippen molar-refractivity contribution in [1.82, 2.24) is 9.97 Å². The number of anilines is 1. The van der Waals surface area contributed by atoms with Crippen molar-refractivity contribution in [3.8, 4) is 11.3 Å². The van der Waals surface area contributed by atoms with Crippen molar-refractivity contribution in [2.75, 3.05) is 37.5 Å². The number of halogens is 3. The Balaban J connectivity index is 0.00000117. The Hall–Kier alpha value is -0.760. The molecule has 2 saturated heterocycles. The third-order valence-corrected chi connectivity index (χ3v) is 6.70. The first-order valence-electron chi connectivity index (χ1n) is 9.41. The van der Waals surface area contributed by atoms with Crippen LogP contribution in [-0.2, 0) is 11.3 Å². The molecule has 0 radical (unpaired) electrons. The molecule has 3 heterocycles. The largest absolute Gasteiger partial charge is 0.390 e. The number of hydrogen-bond acceptors (Lipinski definition) is 6. The van der Waals surface area contributed by atoms with Crippen LogP contribution < -0.4 is 4.90 Å². The number of hydrogen-bond donors (Lipinski definition) is 2. The van der Waals surface area contributed by atoms with E-state index in [1.807, 2.05) is 0 Å². The number of nitrogens with zero attached hydrogens (tertiary/aromatic N) is 3. The van der Waals surface area contributed by atoms with Gasteiger partial charge in [-0.3, -0.25) is 0 Å². The summed E-state index contributed by atoms with van der Waals surface area (Å²) >= 11 is 22.3. The van der Waals surface area contributed by atoms with Gasteiger partial charge in [0.1, 0.15) is 5.69 Å². The lowest BCUT2D eigenvalue weighted by Crippen LogP contribution is -2.41. The fourth-order valence-electron chi connectivity index (χ4n) is 3.91. The van der Waals surface area contributed by atoms with Gasteiger partial charge >= 0.3 is 0 Å². The summed E-state index contributed by atoms with van der Waals surface area (Å²) in [7, 11) is 0. The Morgan fingerprint density at radius 3 is 2.45 bits per heavy atom. The number of ether oxygens (including phenoxy) is 1. The topological polar surface area (TPSA) is 58.5 Å². The van der Waals surface area contributed by atoms with Crippen molar-refractivity contribution < 1.29 is 9.84 Å². The second-order valence-corrected chi connectivity index (χ2v) is 8.38. The number of benzene rings is 1. The second-order valence-electron chi connectivity index (χ2n) is 7.19. The maximum absolute atomic E-state index is 9.88. The molecular weight excluding hydrogens is 453 g/mol. The zero-order valence-electron chi connectivity index (χ0n) is 16.2. The molecule has 1 aromatic carbocycles. The third-order valence-electron chi connectivity index (χ3n) is 5.58. The molecule has 0 amide bonds. The molecule has 2 fully saturated rings. The van der Waals surface area contributed by atoms with Crippen molar-refractivity contribution in [3.05, 3.63) is 39.1 Å². The van der Waals surface area contributed by atoms with Crippen LogP contribution in [0.1, 0.15) is 25.0 Å². The van der Waals surface area contributed by atoms with Gasteiger partial charge in [0.2, 0.25) is 0 Å². The van der Waals surface area contributed by atoms with E-state index in [1.54, 1.807) is 24.6 Å². The first-order valence-corrected chi connectivity index (χ1v) is 11.4. The molecule has 1 spiro atoms. The number of thiol groups is 1. The van der Waals surface area contributed by atoms with Gasteiger partial charge in [-0.2, -0.15) is 12.6 Å². The van der Waals surface area contributed by atoms with E-state index in [4.69, 9.17) is 39.5 Å². The van der Waals surface area contributed by atoms with Gasteiger partial charge in [0.15, 0.2) is 5.82 Å². The summed E-state index contributed by atoms with van der Waals surface area (Å²) in [6.07, 6.45) is 6.59. The van der Waals surface area contributed by atoms with E-state index in [-0.39, 0.29) is 6.61 Å². The summed E-state index contributed by atoms with van der Waals surface area (Å²) in [5.41, 5.74) is 1.85. The second kappa shape index (κ2) is 10.0. The minimum atomic E-state index is -0.212. The molecule has 2 aliphatic rings. The maximum atomic E-state index is 9.88. The predicted molar refractivity (Wildman–Crippen MR) is 123 cm³/mol. The van der Waals surface area contributed by atoms with Crippen LogP contribution in [0.3, 0.4) is 0 Å². The van der Waals surface area contributed by atoms with E-state index in [9.17, 15) is 5.11 Å². The van der Waals surface area contributed by atoms with E-state index < -0.39 is 0 Å². The van der Waals surface area contributed by atoms with Crippen LogP contribution >= 0.6 is 47.4 Å². The van der Waals surface area contributed by atoms with Gasteiger partial charge in [-0.1, -0.05) is 34.8 Å². The Bertz CT molecular complexity index is 853. The first-order chi connectivity index (χ1) is 14.0.